The van der Waals surface area contributed by atoms with Crippen molar-refractivity contribution in [1.29, 1.82) is 0 Å². The number of nitrogens with zero attached hydrogens (tertiary/aromatic N) is 1. The van der Waals surface area contributed by atoms with Crippen molar-refractivity contribution in [3.05, 3.63) is 78.4 Å². The first-order valence-electron chi connectivity index (χ1n) is 10.7. The smallest absolute Gasteiger partial charge is 0.307 e. The second-order valence-corrected chi connectivity index (χ2v) is 9.69. The van der Waals surface area contributed by atoms with Crippen LogP contribution in [0.1, 0.15) is 25.8 Å². The number of carbonyl (C=O) groups excluding carboxylic acids is 2. The van der Waals surface area contributed by atoms with Crippen LogP contribution in [0.4, 0.5) is 0 Å². The predicted molar refractivity (Wildman–Crippen MR) is 127 cm³/mol. The summed E-state index contributed by atoms with van der Waals surface area (Å²) >= 11 is 0. The molecule has 3 rings (SSSR count). The lowest BCUT2D eigenvalue weighted by Crippen LogP contribution is -2.39. The number of amides is 1. The summed E-state index contributed by atoms with van der Waals surface area (Å²) in [5.74, 6) is -0.952. The molecule has 33 heavy (non-hydrogen) atoms. The molecule has 1 N–H and O–H groups in total. The van der Waals surface area contributed by atoms with Gasteiger partial charge in [-0.05, 0) is 42.3 Å². The molecule has 3 aromatic carbocycles. The summed E-state index contributed by atoms with van der Waals surface area (Å²) < 4.78 is 32.6. The Balaban J connectivity index is 1.48. The minimum Gasteiger partial charge on any atom is -0.456 e. The second kappa shape index (κ2) is 11.1. The molecule has 0 radical (unpaired) electrons. The van der Waals surface area contributed by atoms with Gasteiger partial charge >= 0.3 is 5.97 Å². The number of hydrogen-bond donors (Lipinski definition) is 1. The predicted octanol–water partition coefficient (Wildman–Crippen LogP) is 3.49. The molecule has 0 spiro atoms. The third-order valence-electron chi connectivity index (χ3n) is 5.15. The van der Waals surface area contributed by atoms with E-state index in [-0.39, 0.29) is 36.4 Å². The van der Waals surface area contributed by atoms with Crippen molar-refractivity contribution in [2.24, 2.45) is 0 Å². The number of esters is 1. The van der Waals surface area contributed by atoms with Crippen molar-refractivity contribution >= 4 is 32.7 Å². The first-order valence-corrected chi connectivity index (χ1v) is 12.2. The molecule has 0 unspecified atom stereocenters. The van der Waals surface area contributed by atoms with Crippen molar-refractivity contribution < 1.29 is 22.7 Å². The fraction of sp³-hybridized carbons (Fsp3) is 0.280. The van der Waals surface area contributed by atoms with Crippen LogP contribution in [0.3, 0.4) is 0 Å². The lowest BCUT2D eigenvalue weighted by Gasteiger charge is -2.26. The van der Waals surface area contributed by atoms with Crippen LogP contribution >= 0.6 is 0 Å². The monoisotopic (exact) mass is 468 g/mol. The van der Waals surface area contributed by atoms with Gasteiger partial charge in [-0.15, -0.1) is 0 Å². The zero-order chi connectivity index (χ0) is 23.8. The van der Waals surface area contributed by atoms with Crippen LogP contribution in [0.25, 0.3) is 10.8 Å². The lowest BCUT2D eigenvalue weighted by molar-refractivity contribution is -0.153. The Morgan fingerprint density at radius 2 is 1.61 bits per heavy atom. The van der Waals surface area contributed by atoms with E-state index < -0.39 is 16.0 Å². The van der Waals surface area contributed by atoms with Crippen molar-refractivity contribution in [3.8, 4) is 0 Å². The number of hydrogen-bond acceptors (Lipinski definition) is 5. The van der Waals surface area contributed by atoms with Crippen LogP contribution in [0, 0.1) is 0 Å². The maximum Gasteiger partial charge on any atom is 0.307 e. The molecule has 0 saturated heterocycles. The van der Waals surface area contributed by atoms with E-state index >= 15 is 0 Å². The van der Waals surface area contributed by atoms with Crippen LogP contribution in [-0.4, -0.2) is 44.4 Å². The summed E-state index contributed by atoms with van der Waals surface area (Å²) in [6.07, 6.45) is -0.180. The summed E-state index contributed by atoms with van der Waals surface area (Å²) in [6, 6.07) is 21.8. The van der Waals surface area contributed by atoms with E-state index in [1.54, 1.807) is 17.0 Å². The number of sulfonamides is 1. The molecule has 0 saturated carbocycles. The molecular formula is C25H28N2O5S. The van der Waals surface area contributed by atoms with E-state index in [0.717, 1.165) is 16.3 Å². The van der Waals surface area contributed by atoms with E-state index in [2.05, 4.69) is 4.72 Å². The van der Waals surface area contributed by atoms with Crippen LogP contribution < -0.4 is 4.72 Å². The van der Waals surface area contributed by atoms with Gasteiger partial charge in [0.05, 0.1) is 11.3 Å². The van der Waals surface area contributed by atoms with Crippen LogP contribution in [0.5, 0.6) is 0 Å². The first-order chi connectivity index (χ1) is 15.8. The number of rotatable bonds is 10. The molecule has 0 aliphatic heterocycles. The van der Waals surface area contributed by atoms with Gasteiger partial charge in [0, 0.05) is 19.1 Å². The van der Waals surface area contributed by atoms with Crippen molar-refractivity contribution in [2.45, 2.75) is 37.8 Å². The largest absolute Gasteiger partial charge is 0.456 e. The molecule has 3 aromatic rings. The fourth-order valence-corrected chi connectivity index (χ4v) is 4.41. The van der Waals surface area contributed by atoms with Crippen molar-refractivity contribution in [2.75, 3.05) is 13.2 Å². The Hall–Kier alpha value is -3.23. The van der Waals surface area contributed by atoms with Crippen LogP contribution in [0.15, 0.2) is 77.7 Å². The van der Waals surface area contributed by atoms with Gasteiger partial charge in [-0.2, -0.15) is 0 Å². The third kappa shape index (κ3) is 6.87. The summed E-state index contributed by atoms with van der Waals surface area (Å²) in [7, 11) is -3.77. The number of ether oxygens (including phenoxy) is 1. The highest BCUT2D eigenvalue weighted by molar-refractivity contribution is 7.89. The Morgan fingerprint density at radius 3 is 2.30 bits per heavy atom. The average Bonchev–Trinajstić information content (AvgIpc) is 2.81. The molecule has 0 fully saturated rings. The summed E-state index contributed by atoms with van der Waals surface area (Å²) in [5, 5.41) is 1.75. The van der Waals surface area contributed by atoms with Crippen molar-refractivity contribution in [1.82, 2.24) is 9.62 Å². The van der Waals surface area contributed by atoms with E-state index in [1.165, 1.54) is 6.07 Å². The minimum atomic E-state index is -3.77. The van der Waals surface area contributed by atoms with Gasteiger partial charge in [-0.1, -0.05) is 60.7 Å². The van der Waals surface area contributed by atoms with E-state index in [9.17, 15) is 18.0 Å². The van der Waals surface area contributed by atoms with Gasteiger partial charge in [0.1, 0.15) is 0 Å². The van der Waals surface area contributed by atoms with Crippen LogP contribution in [0.2, 0.25) is 0 Å². The van der Waals surface area contributed by atoms with E-state index in [4.69, 9.17) is 4.74 Å². The normalized spacial score (nSPS) is 11.5. The molecule has 0 aliphatic rings. The zero-order valence-corrected chi connectivity index (χ0v) is 19.5. The second-order valence-electron chi connectivity index (χ2n) is 7.92. The molecule has 0 bridgehead atoms. The molecular weight excluding hydrogens is 440 g/mol. The highest BCUT2D eigenvalue weighted by Gasteiger charge is 2.20. The Bertz CT molecular complexity index is 1210. The quantitative estimate of drug-likeness (QED) is 0.460. The summed E-state index contributed by atoms with van der Waals surface area (Å²) in [5.41, 5.74) is 0.981. The highest BCUT2D eigenvalue weighted by atomic mass is 32.2. The first kappa shape index (κ1) is 24.4. The lowest BCUT2D eigenvalue weighted by atomic mass is 10.1. The maximum absolute atomic E-state index is 12.6. The number of benzene rings is 3. The van der Waals surface area contributed by atoms with E-state index in [1.807, 2.05) is 68.4 Å². The van der Waals surface area contributed by atoms with Gasteiger partial charge in [-0.25, -0.2) is 13.1 Å². The molecule has 0 aromatic heterocycles. The maximum atomic E-state index is 12.6. The highest BCUT2D eigenvalue weighted by Crippen LogP contribution is 2.18. The number of carbonyl (C=O) groups is 2. The summed E-state index contributed by atoms with van der Waals surface area (Å²) in [6.45, 7) is 3.69. The standard InChI is InChI=1S/C25H28N2O5S/c1-19(2)27(17-20-8-4-3-5-9-20)24(28)18-32-25(29)14-15-26-33(30,31)23-13-12-21-10-6-7-11-22(21)16-23/h3-13,16,19,26H,14-15,17-18H2,1-2H3. The molecule has 7 nitrogen and oxygen atoms in total. The zero-order valence-electron chi connectivity index (χ0n) is 18.7. The molecule has 174 valence electrons. The molecule has 0 heterocycles. The number of nitrogens with one attached hydrogen (secondary N) is 1. The molecule has 1 amide bonds. The third-order valence-corrected chi connectivity index (χ3v) is 6.61. The molecule has 0 atom stereocenters. The SMILES string of the molecule is CC(C)N(Cc1ccccc1)C(=O)COC(=O)CCNS(=O)(=O)c1ccc2ccccc2c1. The molecule has 0 aliphatic carbocycles. The van der Waals surface area contributed by atoms with Crippen molar-refractivity contribution in [3.63, 3.8) is 0 Å². The summed E-state index contributed by atoms with van der Waals surface area (Å²) in [4.78, 5) is 26.4. The van der Waals surface area contributed by atoms with Gasteiger partial charge in [0.2, 0.25) is 10.0 Å². The Labute approximate surface area is 194 Å². The van der Waals surface area contributed by atoms with E-state index in [0.29, 0.717) is 6.54 Å². The van der Waals surface area contributed by atoms with Gasteiger partial charge in [0.25, 0.3) is 5.91 Å². The number of fused-ring (bicyclic) bond motifs is 1. The fourth-order valence-electron chi connectivity index (χ4n) is 3.34. The topological polar surface area (TPSA) is 92.8 Å². The van der Waals surface area contributed by atoms with Crippen LogP contribution in [-0.2, 0) is 30.9 Å². The molecule has 8 heteroatoms. The van der Waals surface area contributed by atoms with Gasteiger partial charge < -0.3 is 9.64 Å². The minimum absolute atomic E-state index is 0.0647. The van der Waals surface area contributed by atoms with Gasteiger partial charge in [-0.3, -0.25) is 9.59 Å². The Morgan fingerprint density at radius 1 is 0.939 bits per heavy atom. The average molecular weight is 469 g/mol. The Kier molecular flexibility index (Phi) is 8.19. The van der Waals surface area contributed by atoms with Gasteiger partial charge in [0.15, 0.2) is 6.61 Å².